The number of piperidine rings is 2. The first-order valence-corrected chi connectivity index (χ1v) is 18.3. The van der Waals surface area contributed by atoms with Crippen molar-refractivity contribution in [2.45, 2.75) is 82.1 Å². The van der Waals surface area contributed by atoms with E-state index in [0.29, 0.717) is 51.0 Å². The number of likely N-dealkylation sites (tertiary alicyclic amines) is 2. The minimum Gasteiger partial charge on any atom is -0.508 e. The van der Waals surface area contributed by atoms with Gasteiger partial charge in [0.15, 0.2) is 0 Å². The van der Waals surface area contributed by atoms with Gasteiger partial charge in [0.1, 0.15) is 11.8 Å². The molecule has 6 aliphatic rings. The monoisotopic (exact) mass is 670 g/mol. The summed E-state index contributed by atoms with van der Waals surface area (Å²) in [5.74, 6) is 0.432. The Morgan fingerprint density at radius 2 is 1.57 bits per heavy atom. The second-order valence-electron chi connectivity index (χ2n) is 14.7. The van der Waals surface area contributed by atoms with Gasteiger partial charge in [-0.3, -0.25) is 29.0 Å². The third kappa shape index (κ3) is 7.48. The van der Waals surface area contributed by atoms with Crippen molar-refractivity contribution in [2.24, 2.45) is 11.8 Å². The lowest BCUT2D eigenvalue weighted by Crippen LogP contribution is -2.53. The van der Waals surface area contributed by atoms with Gasteiger partial charge in [-0.25, -0.2) is 0 Å². The van der Waals surface area contributed by atoms with E-state index in [1.807, 2.05) is 41.3 Å². The Morgan fingerprint density at radius 1 is 0.796 bits per heavy atom. The predicted octanol–water partition coefficient (Wildman–Crippen LogP) is 2.60. The lowest BCUT2D eigenvalue weighted by molar-refractivity contribution is -0.136. The number of carbonyl (C=O) groups excluding carboxylic acids is 4. The Labute approximate surface area is 289 Å². The van der Waals surface area contributed by atoms with Crippen molar-refractivity contribution in [3.05, 3.63) is 65.7 Å². The Morgan fingerprint density at radius 3 is 2.37 bits per heavy atom. The van der Waals surface area contributed by atoms with Crippen LogP contribution in [0.1, 0.15) is 67.3 Å². The van der Waals surface area contributed by atoms with Gasteiger partial charge in [-0.05, 0) is 88.1 Å². The molecule has 4 amide bonds. The quantitative estimate of drug-likeness (QED) is 0.459. The van der Waals surface area contributed by atoms with E-state index in [0.717, 1.165) is 57.3 Å². The summed E-state index contributed by atoms with van der Waals surface area (Å²) in [6, 6.07) is 15.5. The maximum atomic E-state index is 13.8. The number of amides is 4. The first-order chi connectivity index (χ1) is 23.8. The molecule has 6 saturated heterocycles. The summed E-state index contributed by atoms with van der Waals surface area (Å²) in [6.07, 6.45) is 5.92. The molecule has 2 aromatic rings. The topological polar surface area (TPSA) is 126 Å². The Balaban J connectivity index is 1.12. The highest BCUT2D eigenvalue weighted by Gasteiger charge is 2.43. The SMILES string of the molecule is O=C1NCC[C@H]2CN(Cc3ccccc3O)CC[C@H]2CC(=O)N2CCC(CC2)N2CCC[C@H]2C(=O)N[C@@H]2C[C@H]1N(C(=O)c1ccccc1)C2. The molecule has 0 spiro atoms. The van der Waals surface area contributed by atoms with Gasteiger partial charge >= 0.3 is 0 Å². The van der Waals surface area contributed by atoms with Gasteiger partial charge in [-0.1, -0.05) is 36.4 Å². The molecule has 5 atom stereocenters. The number of rotatable bonds is 3. The third-order valence-corrected chi connectivity index (χ3v) is 11.7. The largest absolute Gasteiger partial charge is 0.508 e. The van der Waals surface area contributed by atoms with E-state index < -0.39 is 6.04 Å². The molecule has 0 aromatic heterocycles. The molecule has 0 unspecified atom stereocenters. The molecule has 8 rings (SSSR count). The molecule has 0 aliphatic carbocycles. The molecule has 49 heavy (non-hydrogen) atoms. The van der Waals surface area contributed by atoms with Gasteiger partial charge in [0.05, 0.1) is 6.04 Å². The number of hydrogen-bond acceptors (Lipinski definition) is 7. The number of benzene rings is 2. The van der Waals surface area contributed by atoms with E-state index >= 15 is 0 Å². The van der Waals surface area contributed by atoms with Crippen molar-refractivity contribution in [2.75, 3.05) is 45.8 Å². The van der Waals surface area contributed by atoms with Crippen molar-refractivity contribution < 1.29 is 24.3 Å². The number of hydrogen-bond donors (Lipinski definition) is 3. The molecule has 6 heterocycles. The summed E-state index contributed by atoms with van der Waals surface area (Å²) < 4.78 is 0. The molecular formula is C38H50N6O5. The number of carbonyl (C=O) groups is 4. The zero-order valence-corrected chi connectivity index (χ0v) is 28.3. The molecule has 11 nitrogen and oxygen atoms in total. The molecule has 6 fully saturated rings. The zero-order valence-electron chi connectivity index (χ0n) is 28.3. The van der Waals surface area contributed by atoms with Gasteiger partial charge in [0, 0.05) is 68.9 Å². The summed E-state index contributed by atoms with van der Waals surface area (Å²) in [5.41, 5.74) is 1.41. The average molecular weight is 671 g/mol. The smallest absolute Gasteiger partial charge is 0.254 e. The number of para-hydroxylation sites is 1. The Bertz CT molecular complexity index is 1510. The maximum Gasteiger partial charge on any atom is 0.254 e. The third-order valence-electron chi connectivity index (χ3n) is 11.7. The molecule has 6 aliphatic heterocycles. The number of nitrogens with one attached hydrogen (secondary N) is 2. The Kier molecular flexibility index (Phi) is 10.2. The van der Waals surface area contributed by atoms with Gasteiger partial charge < -0.3 is 25.5 Å². The van der Waals surface area contributed by atoms with Gasteiger partial charge in [0.25, 0.3) is 5.91 Å². The van der Waals surface area contributed by atoms with Crippen molar-refractivity contribution in [3.63, 3.8) is 0 Å². The Hall–Kier alpha value is -3.96. The van der Waals surface area contributed by atoms with Crippen LogP contribution in [0.3, 0.4) is 0 Å². The summed E-state index contributed by atoms with van der Waals surface area (Å²) in [7, 11) is 0. The first kappa shape index (κ1) is 33.5. The van der Waals surface area contributed by atoms with Crippen LogP contribution in [0, 0.1) is 11.8 Å². The van der Waals surface area contributed by atoms with Crippen LogP contribution in [0.2, 0.25) is 0 Å². The number of fused-ring (bicyclic) bond motifs is 7. The fraction of sp³-hybridized carbons (Fsp3) is 0.579. The number of phenols is 1. The summed E-state index contributed by atoms with van der Waals surface area (Å²) in [4.78, 5) is 63.4. The van der Waals surface area contributed by atoms with Gasteiger partial charge in [-0.2, -0.15) is 0 Å². The number of nitrogens with zero attached hydrogens (tertiary/aromatic N) is 4. The zero-order chi connectivity index (χ0) is 33.9. The summed E-state index contributed by atoms with van der Waals surface area (Å²) in [6.45, 7) is 5.26. The molecular weight excluding hydrogens is 620 g/mol. The lowest BCUT2D eigenvalue weighted by Gasteiger charge is -2.41. The minimum absolute atomic E-state index is 0.0236. The maximum absolute atomic E-state index is 13.8. The number of aromatic hydroxyl groups is 1. The van der Waals surface area contributed by atoms with Crippen LogP contribution in [-0.2, 0) is 20.9 Å². The molecule has 11 heteroatoms. The highest BCUT2D eigenvalue weighted by molar-refractivity contribution is 5.98. The normalized spacial score (nSPS) is 30.5. The van der Waals surface area contributed by atoms with Crippen LogP contribution in [0.4, 0.5) is 0 Å². The standard InChI is InChI=1S/C38H50N6O5/c45-34-11-5-4-9-29(34)24-41-18-13-27-21-35(46)42-19-14-31(15-20-42)43-17-6-10-32(43)37(48)40-30-22-33(36(47)39-16-12-28(27)23-41)44(25-30)38(49)26-7-2-1-3-8-26/h1-5,7-9,11,27-28,30-33,45H,6,10,12-25H2,(H,39,47)(H,40,48)/t27-,28-,30+,32-,33+/m0/s1. The van der Waals surface area contributed by atoms with Crippen LogP contribution < -0.4 is 10.6 Å². The fourth-order valence-corrected chi connectivity index (χ4v) is 9.04. The van der Waals surface area contributed by atoms with Crippen molar-refractivity contribution in [1.29, 1.82) is 0 Å². The van der Waals surface area contributed by atoms with Crippen LogP contribution >= 0.6 is 0 Å². The second kappa shape index (κ2) is 14.9. The van der Waals surface area contributed by atoms with Crippen molar-refractivity contribution >= 4 is 23.6 Å². The molecule has 0 radical (unpaired) electrons. The van der Waals surface area contributed by atoms with Crippen LogP contribution in [0.25, 0.3) is 0 Å². The first-order valence-electron chi connectivity index (χ1n) is 18.3. The van der Waals surface area contributed by atoms with Crippen LogP contribution in [0.15, 0.2) is 54.6 Å². The van der Waals surface area contributed by atoms with E-state index in [4.69, 9.17) is 0 Å². The predicted molar refractivity (Wildman–Crippen MR) is 184 cm³/mol. The van der Waals surface area contributed by atoms with Crippen molar-refractivity contribution in [1.82, 2.24) is 30.2 Å². The molecule has 2 aromatic carbocycles. The van der Waals surface area contributed by atoms with Crippen molar-refractivity contribution in [3.8, 4) is 5.75 Å². The molecule has 3 N–H and O–H groups in total. The number of phenolic OH excluding ortho intramolecular Hbond substituents is 1. The van der Waals surface area contributed by atoms with E-state index in [9.17, 15) is 24.3 Å². The van der Waals surface area contributed by atoms with E-state index in [2.05, 4.69) is 20.4 Å². The van der Waals surface area contributed by atoms with E-state index in [-0.39, 0.29) is 65.9 Å². The molecule has 0 saturated carbocycles. The van der Waals surface area contributed by atoms with Crippen LogP contribution in [-0.4, -0.2) is 118 Å². The second-order valence-corrected chi connectivity index (χ2v) is 14.7. The fourth-order valence-electron chi connectivity index (χ4n) is 9.04. The van der Waals surface area contributed by atoms with Crippen LogP contribution in [0.5, 0.6) is 5.75 Å². The van der Waals surface area contributed by atoms with E-state index in [1.54, 1.807) is 23.1 Å². The van der Waals surface area contributed by atoms with Gasteiger partial charge in [0.2, 0.25) is 17.7 Å². The summed E-state index contributed by atoms with van der Waals surface area (Å²) in [5, 5.41) is 16.8. The highest BCUT2D eigenvalue weighted by atomic mass is 16.3. The molecule has 4 bridgehead atoms. The lowest BCUT2D eigenvalue weighted by atomic mass is 9.80. The minimum atomic E-state index is -0.690. The summed E-state index contributed by atoms with van der Waals surface area (Å²) >= 11 is 0. The molecule has 262 valence electrons. The van der Waals surface area contributed by atoms with Gasteiger partial charge in [-0.15, -0.1) is 0 Å². The average Bonchev–Trinajstić information content (AvgIpc) is 3.78. The highest BCUT2D eigenvalue weighted by Crippen LogP contribution is 2.33. The van der Waals surface area contributed by atoms with E-state index in [1.165, 1.54) is 0 Å².